The van der Waals surface area contributed by atoms with E-state index in [1.54, 1.807) is 38.1 Å². The second-order valence-corrected chi connectivity index (χ2v) is 7.16. The summed E-state index contributed by atoms with van der Waals surface area (Å²) >= 11 is 0. The van der Waals surface area contributed by atoms with Crippen molar-refractivity contribution in [1.29, 1.82) is 0 Å². The van der Waals surface area contributed by atoms with Gasteiger partial charge in [-0.1, -0.05) is 36.4 Å². The van der Waals surface area contributed by atoms with Gasteiger partial charge in [0.25, 0.3) is 0 Å². The predicted molar refractivity (Wildman–Crippen MR) is 106 cm³/mol. The van der Waals surface area contributed by atoms with Crippen molar-refractivity contribution < 1.29 is 37.3 Å². The summed E-state index contributed by atoms with van der Waals surface area (Å²) in [6, 6.07) is 11.4. The van der Waals surface area contributed by atoms with Gasteiger partial charge in [0.15, 0.2) is 6.10 Å². The van der Waals surface area contributed by atoms with E-state index in [-0.39, 0.29) is 25.7 Å². The third kappa shape index (κ3) is 8.29. The fourth-order valence-electron chi connectivity index (χ4n) is 2.77. The molecule has 0 saturated carbocycles. The number of carbonyl (C=O) groups is 2. The number of carboxylic acid groups (broad SMARTS) is 1. The van der Waals surface area contributed by atoms with Crippen molar-refractivity contribution in [2.24, 2.45) is 0 Å². The van der Waals surface area contributed by atoms with E-state index in [2.05, 4.69) is 5.32 Å². The lowest BCUT2D eigenvalue weighted by Crippen LogP contribution is -2.29. The number of alkyl halides is 3. The molecule has 2 rings (SSSR count). The van der Waals surface area contributed by atoms with Gasteiger partial charge in [0.05, 0.1) is 11.7 Å². The van der Waals surface area contributed by atoms with Gasteiger partial charge in [0, 0.05) is 13.0 Å². The van der Waals surface area contributed by atoms with Crippen molar-refractivity contribution in [1.82, 2.24) is 5.32 Å². The highest BCUT2D eigenvalue weighted by Crippen LogP contribution is 2.29. The molecule has 2 aromatic rings. The number of halogens is 3. The van der Waals surface area contributed by atoms with E-state index < -0.39 is 29.9 Å². The van der Waals surface area contributed by atoms with E-state index in [1.165, 1.54) is 12.1 Å². The Labute approximate surface area is 178 Å². The van der Waals surface area contributed by atoms with Gasteiger partial charge in [-0.15, -0.1) is 0 Å². The Bertz CT molecular complexity index is 881. The van der Waals surface area contributed by atoms with Gasteiger partial charge < -0.3 is 19.9 Å². The molecule has 9 heteroatoms. The zero-order chi connectivity index (χ0) is 23.0. The summed E-state index contributed by atoms with van der Waals surface area (Å²) in [5.41, 5.74) is 1.13. The molecule has 1 atom stereocenters. The Morgan fingerprint density at radius 3 is 2.26 bits per heavy atom. The maximum atomic E-state index is 12.6. The third-order valence-electron chi connectivity index (χ3n) is 4.21. The maximum Gasteiger partial charge on any atom is 0.416 e. The first-order chi connectivity index (χ1) is 14.5. The van der Waals surface area contributed by atoms with Gasteiger partial charge in [-0.2, -0.15) is 13.2 Å². The Balaban J connectivity index is 1.85. The second-order valence-electron chi connectivity index (χ2n) is 7.16. The first-order valence-electron chi connectivity index (χ1n) is 9.57. The van der Waals surface area contributed by atoms with Crippen LogP contribution in [0.1, 0.15) is 36.1 Å². The van der Waals surface area contributed by atoms with E-state index in [9.17, 15) is 27.9 Å². The van der Waals surface area contributed by atoms with Crippen LogP contribution in [-0.2, 0) is 40.0 Å². The number of hydrogen-bond acceptors (Lipinski definition) is 4. The molecule has 0 aliphatic heterocycles. The number of rotatable bonds is 9. The second kappa shape index (κ2) is 10.8. The molecule has 6 nitrogen and oxygen atoms in total. The predicted octanol–water partition coefficient (Wildman–Crippen LogP) is 4.55. The normalized spacial score (nSPS) is 12.5. The van der Waals surface area contributed by atoms with Crippen LogP contribution < -0.4 is 5.32 Å². The molecule has 2 N–H and O–H groups in total. The van der Waals surface area contributed by atoms with Crippen LogP contribution in [0.4, 0.5) is 18.0 Å². The van der Waals surface area contributed by atoms with E-state index >= 15 is 0 Å². The van der Waals surface area contributed by atoms with Crippen molar-refractivity contribution in [3.63, 3.8) is 0 Å². The minimum Gasteiger partial charge on any atom is -0.479 e. The molecule has 0 fully saturated rings. The molecule has 168 valence electrons. The Morgan fingerprint density at radius 1 is 1.03 bits per heavy atom. The lowest BCUT2D eigenvalue weighted by Gasteiger charge is -2.17. The first kappa shape index (κ1) is 24.2. The third-order valence-corrected chi connectivity index (χ3v) is 4.21. The number of benzene rings is 2. The highest BCUT2D eigenvalue weighted by molar-refractivity contribution is 5.72. The van der Waals surface area contributed by atoms with Crippen molar-refractivity contribution in [3.8, 4) is 0 Å². The summed E-state index contributed by atoms with van der Waals surface area (Å²) in [4.78, 5) is 23.2. The van der Waals surface area contributed by atoms with Gasteiger partial charge in [-0.25, -0.2) is 9.59 Å². The molecule has 0 saturated heterocycles. The summed E-state index contributed by atoms with van der Waals surface area (Å²) in [5, 5.41) is 11.8. The molecule has 0 bridgehead atoms. The molecular weight excluding hydrogens is 415 g/mol. The van der Waals surface area contributed by atoms with E-state index in [1.807, 2.05) is 0 Å². The molecule has 0 aliphatic carbocycles. The SMILES string of the molecule is CC(C)O[C@@H](Cc1cccc(CNC(=O)OCc2ccc(C(F)(F)F)cc2)c1)C(=O)O. The highest BCUT2D eigenvalue weighted by atomic mass is 19.4. The Kier molecular flexibility index (Phi) is 8.44. The Morgan fingerprint density at radius 2 is 1.68 bits per heavy atom. The zero-order valence-electron chi connectivity index (χ0n) is 17.1. The molecule has 2 aromatic carbocycles. The van der Waals surface area contributed by atoms with Gasteiger partial charge >= 0.3 is 18.2 Å². The number of ether oxygens (including phenoxy) is 2. The van der Waals surface area contributed by atoms with Crippen LogP contribution in [0.25, 0.3) is 0 Å². The molecule has 0 heterocycles. The summed E-state index contributed by atoms with van der Waals surface area (Å²) in [6.07, 6.45) is -6.17. The number of carboxylic acids is 1. The zero-order valence-corrected chi connectivity index (χ0v) is 17.1. The number of alkyl carbamates (subject to hydrolysis) is 1. The van der Waals surface area contributed by atoms with Crippen LogP contribution in [0.5, 0.6) is 0 Å². The van der Waals surface area contributed by atoms with E-state index in [0.29, 0.717) is 5.56 Å². The summed E-state index contributed by atoms with van der Waals surface area (Å²) in [7, 11) is 0. The number of carbonyl (C=O) groups excluding carboxylic acids is 1. The van der Waals surface area contributed by atoms with Crippen LogP contribution in [-0.4, -0.2) is 29.4 Å². The van der Waals surface area contributed by atoms with Gasteiger partial charge in [0.2, 0.25) is 0 Å². The quantitative estimate of drug-likeness (QED) is 0.599. The minimum absolute atomic E-state index is 0.141. The first-order valence-corrected chi connectivity index (χ1v) is 9.57. The minimum atomic E-state index is -4.42. The summed E-state index contributed by atoms with van der Waals surface area (Å²) in [5.74, 6) is -1.05. The number of amides is 1. The van der Waals surface area contributed by atoms with Crippen LogP contribution in [0.3, 0.4) is 0 Å². The molecule has 1 amide bonds. The molecule has 31 heavy (non-hydrogen) atoms. The molecule has 0 spiro atoms. The Hall–Kier alpha value is -3.07. The van der Waals surface area contributed by atoms with Crippen molar-refractivity contribution in [3.05, 3.63) is 70.8 Å². The molecule has 0 unspecified atom stereocenters. The topological polar surface area (TPSA) is 84.9 Å². The highest BCUT2D eigenvalue weighted by Gasteiger charge is 2.29. The van der Waals surface area contributed by atoms with Crippen LogP contribution in [0.15, 0.2) is 48.5 Å². The van der Waals surface area contributed by atoms with Crippen LogP contribution in [0, 0.1) is 0 Å². The number of hydrogen-bond donors (Lipinski definition) is 2. The average molecular weight is 439 g/mol. The fourth-order valence-corrected chi connectivity index (χ4v) is 2.77. The monoisotopic (exact) mass is 439 g/mol. The lowest BCUT2D eigenvalue weighted by molar-refractivity contribution is -0.153. The van der Waals surface area contributed by atoms with Gasteiger partial charge in [-0.3, -0.25) is 0 Å². The van der Waals surface area contributed by atoms with Crippen molar-refractivity contribution in [2.45, 2.75) is 51.8 Å². The maximum absolute atomic E-state index is 12.6. The largest absolute Gasteiger partial charge is 0.479 e. The van der Waals surface area contributed by atoms with Crippen LogP contribution in [0.2, 0.25) is 0 Å². The average Bonchev–Trinajstić information content (AvgIpc) is 2.70. The molecule has 0 radical (unpaired) electrons. The molecule has 0 aromatic heterocycles. The molecular formula is C22H24F3NO5. The standard InChI is InChI=1S/C22H24F3NO5/c1-14(2)31-19(20(27)28)11-16-4-3-5-17(10-16)12-26-21(29)30-13-15-6-8-18(9-7-15)22(23,24)25/h3-10,14,19H,11-13H2,1-2H3,(H,26,29)(H,27,28)/t19-/m0/s1. The number of aliphatic carboxylic acids is 1. The fraction of sp³-hybridized carbons (Fsp3) is 0.364. The van der Waals surface area contributed by atoms with Gasteiger partial charge in [0.1, 0.15) is 6.61 Å². The summed E-state index contributed by atoms with van der Waals surface area (Å²) in [6.45, 7) is 3.48. The van der Waals surface area contributed by atoms with Gasteiger partial charge in [-0.05, 0) is 42.7 Å². The number of nitrogens with one attached hydrogen (secondary N) is 1. The summed E-state index contributed by atoms with van der Waals surface area (Å²) < 4.78 is 48.1. The lowest BCUT2D eigenvalue weighted by atomic mass is 10.0. The van der Waals surface area contributed by atoms with E-state index in [0.717, 1.165) is 23.3 Å². The van der Waals surface area contributed by atoms with Crippen molar-refractivity contribution in [2.75, 3.05) is 0 Å². The van der Waals surface area contributed by atoms with Crippen LogP contribution >= 0.6 is 0 Å². The van der Waals surface area contributed by atoms with Crippen molar-refractivity contribution >= 4 is 12.1 Å². The smallest absolute Gasteiger partial charge is 0.416 e. The molecule has 0 aliphatic rings. The van der Waals surface area contributed by atoms with E-state index in [4.69, 9.17) is 9.47 Å².